The van der Waals surface area contributed by atoms with E-state index in [4.69, 9.17) is 5.73 Å². The third-order valence-corrected chi connectivity index (χ3v) is 8.26. The van der Waals surface area contributed by atoms with Gasteiger partial charge in [0.1, 0.15) is 21.3 Å². The van der Waals surface area contributed by atoms with Gasteiger partial charge in [-0.05, 0) is 58.1 Å². The number of hydrogen-bond acceptors (Lipinski definition) is 7. The highest BCUT2D eigenvalue weighted by atomic mass is 32.2. The second-order valence-electron chi connectivity index (χ2n) is 9.99. The van der Waals surface area contributed by atoms with Crippen molar-refractivity contribution >= 4 is 27.2 Å². The topological polar surface area (TPSA) is 124 Å². The summed E-state index contributed by atoms with van der Waals surface area (Å²) in [5, 5.41) is 3.00. The molecule has 1 atom stereocenters. The molecule has 13 heteroatoms. The summed E-state index contributed by atoms with van der Waals surface area (Å²) in [5.74, 6) is -1.11. The number of sulfone groups is 1. The fourth-order valence-corrected chi connectivity index (χ4v) is 6.29. The van der Waals surface area contributed by atoms with Crippen LogP contribution in [0.25, 0.3) is 5.70 Å². The number of aromatic nitrogens is 1. The smallest absolute Gasteiger partial charge is 0.387 e. The van der Waals surface area contributed by atoms with Crippen LogP contribution in [0.15, 0.2) is 22.8 Å². The zero-order valence-electron chi connectivity index (χ0n) is 20.9. The highest BCUT2D eigenvalue weighted by Crippen LogP contribution is 2.35. The molecule has 8 nitrogen and oxygen atoms in total. The summed E-state index contributed by atoms with van der Waals surface area (Å²) in [7, 11) is -3.10. The van der Waals surface area contributed by atoms with Gasteiger partial charge in [0, 0.05) is 40.9 Å². The van der Waals surface area contributed by atoms with Crippen LogP contribution in [0.3, 0.4) is 0 Å². The minimum absolute atomic E-state index is 0.00671. The Morgan fingerprint density at radius 3 is 2.46 bits per heavy atom. The maximum atomic E-state index is 13.7. The summed E-state index contributed by atoms with van der Waals surface area (Å²) in [4.78, 5) is 21.3. The van der Waals surface area contributed by atoms with Crippen LogP contribution < -0.4 is 15.8 Å². The molecule has 0 aromatic carbocycles. The first-order chi connectivity index (χ1) is 17.2. The van der Waals surface area contributed by atoms with Crippen LogP contribution in [0, 0.1) is 5.92 Å². The van der Waals surface area contributed by atoms with E-state index in [2.05, 4.69) is 20.0 Å². The SMILES string of the molecule is CC(C)N=C1C[C@H](C(=O)NC2(C)CCS(=O)(=O)CC2)CCC1=C(N)c1cc(OC(F)F)cnc1C(F)F. The van der Waals surface area contributed by atoms with E-state index in [-0.39, 0.29) is 47.6 Å². The quantitative estimate of drug-likeness (QED) is 0.496. The number of carbonyl (C=O) groups is 1. The van der Waals surface area contributed by atoms with Crippen LogP contribution in [0.4, 0.5) is 17.6 Å². The van der Waals surface area contributed by atoms with Gasteiger partial charge in [-0.2, -0.15) is 8.78 Å². The van der Waals surface area contributed by atoms with Gasteiger partial charge in [0.15, 0.2) is 0 Å². The van der Waals surface area contributed by atoms with Crippen molar-refractivity contribution in [1.82, 2.24) is 10.3 Å². The Morgan fingerprint density at radius 1 is 1.24 bits per heavy atom. The van der Waals surface area contributed by atoms with E-state index in [1.165, 1.54) is 0 Å². The molecule has 0 radical (unpaired) electrons. The largest absolute Gasteiger partial charge is 0.433 e. The number of nitrogens with one attached hydrogen (secondary N) is 1. The second-order valence-corrected chi connectivity index (χ2v) is 12.3. The van der Waals surface area contributed by atoms with Crippen molar-refractivity contribution in [3.05, 3.63) is 29.1 Å². The standard InChI is InChI=1S/C24H32F4N4O4S/c1-13(2)31-18-10-14(22(33)32-24(3)6-8-37(34,35)9-7-24)4-5-16(18)19(29)17-11-15(36-23(27)28)12-30-20(17)21(25)26/h11-14,21,23H,4-10,29H2,1-3H3,(H,32,33)/t14-/m1/s1. The first kappa shape index (κ1) is 28.9. The van der Waals surface area contributed by atoms with Gasteiger partial charge in [-0.3, -0.25) is 14.8 Å². The number of nitrogens with two attached hydrogens (primary N) is 1. The fourth-order valence-electron chi connectivity index (χ4n) is 4.57. The molecule has 1 saturated carbocycles. The predicted molar refractivity (Wildman–Crippen MR) is 131 cm³/mol. The van der Waals surface area contributed by atoms with Crippen LogP contribution in [0.5, 0.6) is 5.75 Å². The van der Waals surface area contributed by atoms with E-state index in [0.717, 1.165) is 12.3 Å². The van der Waals surface area contributed by atoms with Gasteiger partial charge in [-0.1, -0.05) is 0 Å². The molecule has 37 heavy (non-hydrogen) atoms. The molecule has 1 amide bonds. The van der Waals surface area contributed by atoms with Crippen molar-refractivity contribution in [2.75, 3.05) is 11.5 Å². The molecular weight excluding hydrogens is 516 g/mol. The summed E-state index contributed by atoms with van der Waals surface area (Å²) >= 11 is 0. The van der Waals surface area contributed by atoms with Crippen LogP contribution in [-0.4, -0.2) is 54.7 Å². The lowest BCUT2D eigenvalue weighted by Gasteiger charge is -2.36. The fraction of sp³-hybridized carbons (Fsp3) is 0.625. The molecule has 2 heterocycles. The second kappa shape index (κ2) is 11.4. The Kier molecular flexibility index (Phi) is 8.86. The lowest BCUT2D eigenvalue weighted by atomic mass is 9.81. The lowest BCUT2D eigenvalue weighted by molar-refractivity contribution is -0.127. The molecule has 3 rings (SSSR count). The van der Waals surface area contributed by atoms with Crippen molar-refractivity contribution in [3.63, 3.8) is 0 Å². The maximum absolute atomic E-state index is 13.7. The molecule has 0 spiro atoms. The van der Waals surface area contributed by atoms with Gasteiger partial charge in [0.2, 0.25) is 5.91 Å². The van der Waals surface area contributed by atoms with Crippen molar-refractivity contribution in [1.29, 1.82) is 0 Å². The van der Waals surface area contributed by atoms with Crippen LogP contribution in [0.2, 0.25) is 0 Å². The Morgan fingerprint density at radius 2 is 1.89 bits per heavy atom. The van der Waals surface area contributed by atoms with E-state index < -0.39 is 45.8 Å². The highest BCUT2D eigenvalue weighted by Gasteiger charge is 2.37. The van der Waals surface area contributed by atoms with Gasteiger partial charge in [-0.15, -0.1) is 0 Å². The predicted octanol–water partition coefficient (Wildman–Crippen LogP) is 4.02. The highest BCUT2D eigenvalue weighted by molar-refractivity contribution is 7.91. The molecule has 0 unspecified atom stereocenters. The van der Waals surface area contributed by atoms with E-state index in [1.54, 1.807) is 0 Å². The number of rotatable bonds is 7. The summed E-state index contributed by atoms with van der Waals surface area (Å²) in [6.45, 7) is 2.29. The number of ether oxygens (including phenoxy) is 1. The Labute approximate surface area is 213 Å². The van der Waals surface area contributed by atoms with Crippen molar-refractivity contribution in [2.45, 2.75) is 77.5 Å². The van der Waals surface area contributed by atoms with Gasteiger partial charge < -0.3 is 15.8 Å². The summed E-state index contributed by atoms with van der Waals surface area (Å²) < 4.78 is 80.6. The number of pyridine rings is 1. The minimum Gasteiger partial charge on any atom is -0.433 e. The van der Waals surface area contributed by atoms with Crippen molar-refractivity contribution < 1.29 is 35.5 Å². The molecule has 1 aromatic rings. The number of carbonyl (C=O) groups excluding carboxylic acids is 1. The molecule has 1 saturated heterocycles. The first-order valence-electron chi connectivity index (χ1n) is 12.0. The molecular formula is C24H32F4N4O4S. The Hall–Kier alpha value is -2.70. The maximum Gasteiger partial charge on any atom is 0.387 e. The average Bonchev–Trinajstić information content (AvgIpc) is 2.80. The minimum atomic E-state index is -3.17. The van der Waals surface area contributed by atoms with Crippen LogP contribution in [0.1, 0.15) is 70.6 Å². The van der Waals surface area contributed by atoms with Gasteiger partial charge >= 0.3 is 6.61 Å². The molecule has 1 aliphatic heterocycles. The lowest BCUT2D eigenvalue weighted by Crippen LogP contribution is -2.53. The molecule has 1 aromatic heterocycles. The number of hydrogen-bond donors (Lipinski definition) is 2. The number of nitrogens with zero attached hydrogens (tertiary/aromatic N) is 2. The average molecular weight is 549 g/mol. The van der Waals surface area contributed by atoms with Crippen molar-refractivity contribution in [3.8, 4) is 5.75 Å². The molecule has 2 aliphatic rings. The van der Waals surface area contributed by atoms with Gasteiger partial charge in [-0.25, -0.2) is 17.2 Å². The van der Waals surface area contributed by atoms with Gasteiger partial charge in [0.05, 0.1) is 17.7 Å². The first-order valence-corrected chi connectivity index (χ1v) is 13.8. The van der Waals surface area contributed by atoms with E-state index >= 15 is 0 Å². The number of alkyl halides is 4. The zero-order chi connectivity index (χ0) is 27.5. The molecule has 206 valence electrons. The third kappa shape index (κ3) is 7.42. The molecule has 1 aliphatic carbocycles. The monoisotopic (exact) mass is 548 g/mol. The number of halogens is 4. The van der Waals surface area contributed by atoms with Crippen LogP contribution >= 0.6 is 0 Å². The summed E-state index contributed by atoms with van der Waals surface area (Å²) in [6, 6.07) is 0.814. The van der Waals surface area contributed by atoms with Crippen LogP contribution in [-0.2, 0) is 14.6 Å². The molecule has 3 N–H and O–H groups in total. The molecule has 2 fully saturated rings. The summed E-state index contributed by atoms with van der Waals surface area (Å²) in [6.07, 6.45) is -0.808. The molecule has 0 bridgehead atoms. The Balaban J connectivity index is 1.89. The van der Waals surface area contributed by atoms with E-state index in [0.29, 0.717) is 30.5 Å². The zero-order valence-corrected chi connectivity index (χ0v) is 21.8. The third-order valence-electron chi connectivity index (χ3n) is 6.61. The van der Waals surface area contributed by atoms with E-state index in [1.807, 2.05) is 20.8 Å². The van der Waals surface area contributed by atoms with E-state index in [9.17, 15) is 30.8 Å². The van der Waals surface area contributed by atoms with Gasteiger partial charge in [0.25, 0.3) is 6.43 Å². The van der Waals surface area contributed by atoms with Crippen molar-refractivity contribution in [2.24, 2.45) is 16.6 Å². The number of allylic oxidation sites excluding steroid dienone is 1. The Bertz CT molecular complexity index is 1170. The summed E-state index contributed by atoms with van der Waals surface area (Å²) in [5.41, 5.74) is 5.62. The number of amides is 1. The normalized spacial score (nSPS) is 23.9. The number of aliphatic imine (C=N–C) groups is 1.